The molecule has 0 amide bonds. The van der Waals surface area contributed by atoms with Crippen LogP contribution in [-0.4, -0.2) is 12.7 Å². The van der Waals surface area contributed by atoms with Crippen molar-refractivity contribution < 1.29 is 4.74 Å². The Balaban J connectivity index is 2.03. The average Bonchev–Trinajstić information content (AvgIpc) is 2.18. The molecule has 0 N–H and O–H groups in total. The van der Waals surface area contributed by atoms with Crippen molar-refractivity contribution in [3.05, 3.63) is 11.6 Å². The molecule has 0 aromatic heterocycles. The third-order valence-electron chi connectivity index (χ3n) is 2.89. The molecule has 0 radical (unpaired) electrons. The van der Waals surface area contributed by atoms with Crippen LogP contribution in [0.5, 0.6) is 0 Å². The first-order valence-electron chi connectivity index (χ1n) is 6.12. The van der Waals surface area contributed by atoms with E-state index in [4.69, 9.17) is 4.74 Å². The minimum atomic E-state index is 0.422. The van der Waals surface area contributed by atoms with Gasteiger partial charge in [-0.2, -0.15) is 0 Å². The van der Waals surface area contributed by atoms with Crippen molar-refractivity contribution in [2.75, 3.05) is 6.61 Å². The lowest BCUT2D eigenvalue weighted by Gasteiger charge is -2.20. The number of rotatable bonds is 6. The summed E-state index contributed by atoms with van der Waals surface area (Å²) in [6, 6.07) is 0. The van der Waals surface area contributed by atoms with Crippen LogP contribution in [0, 0.1) is 0 Å². The van der Waals surface area contributed by atoms with Gasteiger partial charge in [0, 0.05) is 0 Å². The van der Waals surface area contributed by atoms with Crippen LogP contribution in [0.1, 0.15) is 58.8 Å². The van der Waals surface area contributed by atoms with Gasteiger partial charge in [0.1, 0.15) is 0 Å². The lowest BCUT2D eigenvalue weighted by molar-refractivity contribution is 0.0695. The van der Waals surface area contributed by atoms with Crippen LogP contribution in [0.4, 0.5) is 0 Å². The van der Waals surface area contributed by atoms with Crippen LogP contribution in [0.15, 0.2) is 11.6 Å². The highest BCUT2D eigenvalue weighted by molar-refractivity contribution is 5.04. The zero-order valence-corrected chi connectivity index (χ0v) is 9.72. The van der Waals surface area contributed by atoms with Crippen LogP contribution >= 0.6 is 0 Å². The molecule has 1 nitrogen and oxygen atoms in total. The van der Waals surface area contributed by atoms with Crippen molar-refractivity contribution in [3.8, 4) is 0 Å². The van der Waals surface area contributed by atoms with Gasteiger partial charge in [0.25, 0.3) is 0 Å². The molecular formula is C13H24O. The molecule has 0 spiro atoms. The second-order valence-corrected chi connectivity index (χ2v) is 4.38. The van der Waals surface area contributed by atoms with Crippen molar-refractivity contribution in [1.29, 1.82) is 0 Å². The highest BCUT2D eigenvalue weighted by atomic mass is 16.5. The fourth-order valence-corrected chi connectivity index (χ4v) is 1.94. The maximum atomic E-state index is 5.68. The fourth-order valence-electron chi connectivity index (χ4n) is 1.94. The topological polar surface area (TPSA) is 9.23 Å². The van der Waals surface area contributed by atoms with Crippen molar-refractivity contribution in [2.45, 2.75) is 64.9 Å². The molecule has 82 valence electrons. The molecule has 1 aliphatic rings. The minimum Gasteiger partial charge on any atom is -0.374 e. The molecule has 1 heteroatoms. The molecule has 1 unspecified atom stereocenters. The second kappa shape index (κ2) is 7.05. The largest absolute Gasteiger partial charge is 0.374 e. The van der Waals surface area contributed by atoms with E-state index in [0.717, 1.165) is 13.0 Å². The summed E-state index contributed by atoms with van der Waals surface area (Å²) >= 11 is 0. The standard InChI is InChI=1S/C13H24O/c1-3-4-5-6-7-8-13-11-12(2)9-10-14-13/h11,13H,3-10H2,1-2H3. The summed E-state index contributed by atoms with van der Waals surface area (Å²) in [5, 5.41) is 0. The lowest BCUT2D eigenvalue weighted by Crippen LogP contribution is -2.16. The van der Waals surface area contributed by atoms with Gasteiger partial charge in [0.15, 0.2) is 0 Å². The van der Waals surface area contributed by atoms with Gasteiger partial charge in [-0.15, -0.1) is 0 Å². The van der Waals surface area contributed by atoms with Gasteiger partial charge < -0.3 is 4.74 Å². The number of unbranched alkanes of at least 4 members (excludes halogenated alkanes) is 4. The Morgan fingerprint density at radius 3 is 2.79 bits per heavy atom. The van der Waals surface area contributed by atoms with Crippen LogP contribution in [0.2, 0.25) is 0 Å². The highest BCUT2D eigenvalue weighted by Crippen LogP contribution is 2.17. The molecule has 1 rings (SSSR count). The van der Waals surface area contributed by atoms with Gasteiger partial charge >= 0.3 is 0 Å². The number of hydrogen-bond donors (Lipinski definition) is 0. The summed E-state index contributed by atoms with van der Waals surface area (Å²) in [4.78, 5) is 0. The summed E-state index contributed by atoms with van der Waals surface area (Å²) in [5.41, 5.74) is 1.51. The molecule has 0 saturated carbocycles. The van der Waals surface area contributed by atoms with E-state index in [1.54, 1.807) is 0 Å². The first kappa shape index (κ1) is 11.8. The van der Waals surface area contributed by atoms with Gasteiger partial charge in [0.05, 0.1) is 12.7 Å². The van der Waals surface area contributed by atoms with Gasteiger partial charge in [-0.3, -0.25) is 0 Å². The third kappa shape index (κ3) is 4.80. The summed E-state index contributed by atoms with van der Waals surface area (Å²) in [7, 11) is 0. The summed E-state index contributed by atoms with van der Waals surface area (Å²) in [5.74, 6) is 0. The molecule has 0 bridgehead atoms. The normalized spacial score (nSPS) is 22.1. The quantitative estimate of drug-likeness (QED) is 0.459. The predicted molar refractivity (Wildman–Crippen MR) is 61.5 cm³/mol. The van der Waals surface area contributed by atoms with E-state index in [9.17, 15) is 0 Å². The van der Waals surface area contributed by atoms with E-state index < -0.39 is 0 Å². The smallest absolute Gasteiger partial charge is 0.0758 e. The Kier molecular flexibility index (Phi) is 5.93. The van der Waals surface area contributed by atoms with Crippen molar-refractivity contribution in [3.63, 3.8) is 0 Å². The van der Waals surface area contributed by atoms with E-state index in [-0.39, 0.29) is 0 Å². The first-order chi connectivity index (χ1) is 6.83. The second-order valence-electron chi connectivity index (χ2n) is 4.38. The van der Waals surface area contributed by atoms with E-state index in [1.807, 2.05) is 0 Å². The van der Waals surface area contributed by atoms with E-state index in [1.165, 1.54) is 44.1 Å². The Bertz CT molecular complexity index is 172. The van der Waals surface area contributed by atoms with Crippen LogP contribution in [0.25, 0.3) is 0 Å². The fraction of sp³-hybridized carbons (Fsp3) is 0.846. The van der Waals surface area contributed by atoms with E-state index in [2.05, 4.69) is 19.9 Å². The molecule has 1 heterocycles. The van der Waals surface area contributed by atoms with Crippen molar-refractivity contribution in [1.82, 2.24) is 0 Å². The highest BCUT2D eigenvalue weighted by Gasteiger charge is 2.10. The molecule has 0 aromatic carbocycles. The first-order valence-corrected chi connectivity index (χ1v) is 6.12. The summed E-state index contributed by atoms with van der Waals surface area (Å²) in [6.07, 6.45) is 11.9. The Morgan fingerprint density at radius 1 is 1.29 bits per heavy atom. The van der Waals surface area contributed by atoms with Gasteiger partial charge in [-0.25, -0.2) is 0 Å². The lowest BCUT2D eigenvalue weighted by atomic mass is 10.0. The minimum absolute atomic E-state index is 0.422. The van der Waals surface area contributed by atoms with Crippen LogP contribution < -0.4 is 0 Å². The van der Waals surface area contributed by atoms with Crippen LogP contribution in [0.3, 0.4) is 0 Å². The third-order valence-corrected chi connectivity index (χ3v) is 2.89. The van der Waals surface area contributed by atoms with Crippen molar-refractivity contribution in [2.24, 2.45) is 0 Å². The maximum Gasteiger partial charge on any atom is 0.0758 e. The molecule has 0 fully saturated rings. The Hall–Kier alpha value is -0.300. The van der Waals surface area contributed by atoms with E-state index in [0.29, 0.717) is 6.10 Å². The number of ether oxygens (including phenoxy) is 1. The number of hydrogen-bond acceptors (Lipinski definition) is 1. The summed E-state index contributed by atoms with van der Waals surface area (Å²) < 4.78 is 5.68. The summed E-state index contributed by atoms with van der Waals surface area (Å²) in [6.45, 7) is 5.41. The molecule has 0 saturated heterocycles. The van der Waals surface area contributed by atoms with Crippen molar-refractivity contribution >= 4 is 0 Å². The zero-order valence-electron chi connectivity index (χ0n) is 9.72. The van der Waals surface area contributed by atoms with Gasteiger partial charge in [-0.1, -0.05) is 50.7 Å². The molecule has 1 aliphatic heterocycles. The predicted octanol–water partition coefficient (Wildman–Crippen LogP) is 4.08. The molecular weight excluding hydrogens is 172 g/mol. The van der Waals surface area contributed by atoms with E-state index >= 15 is 0 Å². The molecule has 0 aromatic rings. The van der Waals surface area contributed by atoms with Gasteiger partial charge in [0.2, 0.25) is 0 Å². The molecule has 14 heavy (non-hydrogen) atoms. The SMILES string of the molecule is CCCCCCCC1C=C(C)CCO1. The molecule has 1 atom stereocenters. The maximum absolute atomic E-state index is 5.68. The average molecular weight is 196 g/mol. The zero-order chi connectivity index (χ0) is 10.2. The van der Waals surface area contributed by atoms with Crippen LogP contribution in [-0.2, 0) is 4.74 Å². The van der Waals surface area contributed by atoms with Gasteiger partial charge in [-0.05, 0) is 19.8 Å². The molecule has 0 aliphatic carbocycles. The Morgan fingerprint density at radius 2 is 2.07 bits per heavy atom. The monoisotopic (exact) mass is 196 g/mol. The Labute approximate surface area is 88.5 Å².